The first kappa shape index (κ1) is 78.0. The van der Waals surface area contributed by atoms with E-state index in [2.05, 4.69) is 173 Å². The second-order valence-electron chi connectivity index (χ2n) is 21.9. The summed E-state index contributed by atoms with van der Waals surface area (Å²) in [6.45, 7) is 6.24. The van der Waals surface area contributed by atoms with Crippen molar-refractivity contribution in [2.24, 2.45) is 0 Å². The summed E-state index contributed by atoms with van der Waals surface area (Å²) < 4.78 is 16.9. The van der Waals surface area contributed by atoms with Crippen LogP contribution < -0.4 is 0 Å². The van der Waals surface area contributed by atoms with E-state index in [9.17, 15) is 14.4 Å². The van der Waals surface area contributed by atoms with Gasteiger partial charge in [-0.05, 0) is 128 Å². The van der Waals surface area contributed by atoms with Crippen molar-refractivity contribution in [1.82, 2.24) is 0 Å². The maximum absolute atomic E-state index is 12.9. The van der Waals surface area contributed by atoms with Crippen molar-refractivity contribution in [3.63, 3.8) is 0 Å². The molecule has 1 unspecified atom stereocenters. The summed E-state index contributed by atoms with van der Waals surface area (Å²) >= 11 is 0. The van der Waals surface area contributed by atoms with Crippen molar-refractivity contribution in [3.05, 3.63) is 158 Å². The maximum Gasteiger partial charge on any atom is 0.306 e. The van der Waals surface area contributed by atoms with Crippen LogP contribution in [0.15, 0.2) is 158 Å². The molecule has 0 spiro atoms. The van der Waals surface area contributed by atoms with Crippen LogP contribution in [0.3, 0.4) is 0 Å². The molecule has 0 aromatic carbocycles. The lowest BCUT2D eigenvalue weighted by Gasteiger charge is -2.18. The zero-order valence-electron chi connectivity index (χ0n) is 53.7. The van der Waals surface area contributed by atoms with Gasteiger partial charge in [0.1, 0.15) is 13.2 Å². The number of carbonyl (C=O) groups is 3. The number of hydrogen-bond donors (Lipinski definition) is 0. The molecular weight excluding hydrogens is 1020 g/mol. The molecule has 0 bridgehead atoms. The Morgan fingerprint density at radius 2 is 0.458 bits per heavy atom. The highest BCUT2D eigenvalue weighted by Gasteiger charge is 2.19. The molecule has 0 saturated heterocycles. The second kappa shape index (κ2) is 69.5. The molecule has 83 heavy (non-hydrogen) atoms. The van der Waals surface area contributed by atoms with Crippen LogP contribution in [0.4, 0.5) is 0 Å². The highest BCUT2D eigenvalue weighted by Crippen LogP contribution is 2.16. The van der Waals surface area contributed by atoms with Crippen LogP contribution in [-0.2, 0) is 28.6 Å². The Morgan fingerprint density at radius 1 is 0.241 bits per heavy atom. The molecule has 0 fully saturated rings. The van der Waals surface area contributed by atoms with Crippen molar-refractivity contribution in [1.29, 1.82) is 0 Å². The largest absolute Gasteiger partial charge is 0.462 e. The van der Waals surface area contributed by atoms with Crippen LogP contribution in [0.1, 0.15) is 290 Å². The van der Waals surface area contributed by atoms with Gasteiger partial charge in [0, 0.05) is 19.3 Å². The molecule has 0 N–H and O–H groups in total. The normalized spacial score (nSPS) is 13.1. The van der Waals surface area contributed by atoms with Crippen LogP contribution in [0.5, 0.6) is 0 Å². The lowest BCUT2D eigenvalue weighted by Crippen LogP contribution is -2.30. The van der Waals surface area contributed by atoms with Crippen LogP contribution in [0.2, 0.25) is 0 Å². The summed E-state index contributed by atoms with van der Waals surface area (Å²) in [5, 5.41) is 0. The van der Waals surface area contributed by atoms with E-state index in [1.807, 2.05) is 6.08 Å². The summed E-state index contributed by atoms with van der Waals surface area (Å²) in [6, 6.07) is 0. The van der Waals surface area contributed by atoms with Gasteiger partial charge >= 0.3 is 17.9 Å². The topological polar surface area (TPSA) is 78.9 Å². The molecule has 0 aliphatic rings. The molecule has 0 amide bonds. The first-order valence-corrected chi connectivity index (χ1v) is 34.0. The Bertz CT molecular complexity index is 1840. The summed E-state index contributed by atoms with van der Waals surface area (Å²) in [4.78, 5) is 38.3. The van der Waals surface area contributed by atoms with Crippen LogP contribution in [0.25, 0.3) is 0 Å². The monoisotopic (exact) mass is 1140 g/mol. The van der Waals surface area contributed by atoms with Crippen molar-refractivity contribution in [2.45, 2.75) is 297 Å². The van der Waals surface area contributed by atoms with Crippen molar-refractivity contribution in [3.8, 4) is 0 Å². The maximum atomic E-state index is 12.9. The van der Waals surface area contributed by atoms with E-state index in [1.165, 1.54) is 116 Å². The number of allylic oxidation sites excluding steroid dienone is 26. The Labute approximate surface area is 511 Å². The van der Waals surface area contributed by atoms with Gasteiger partial charge in [0.2, 0.25) is 0 Å². The highest BCUT2D eigenvalue weighted by atomic mass is 16.6. The minimum atomic E-state index is -0.819. The third-order valence-electron chi connectivity index (χ3n) is 14.0. The van der Waals surface area contributed by atoms with Crippen molar-refractivity contribution < 1.29 is 28.6 Å². The molecule has 0 aliphatic heterocycles. The zero-order chi connectivity index (χ0) is 59.9. The molecule has 468 valence electrons. The summed E-state index contributed by atoms with van der Waals surface area (Å²) in [7, 11) is 0. The number of hydrogen-bond acceptors (Lipinski definition) is 6. The fourth-order valence-corrected chi connectivity index (χ4v) is 9.06. The molecular formula is C77H124O6. The average Bonchev–Trinajstić information content (AvgIpc) is 3.49. The van der Waals surface area contributed by atoms with Gasteiger partial charge in [0.05, 0.1) is 0 Å². The van der Waals surface area contributed by atoms with Gasteiger partial charge in [0.25, 0.3) is 0 Å². The minimum absolute atomic E-state index is 0.108. The number of unbranched alkanes of at least 4 members (excludes halogenated alkanes) is 23. The zero-order valence-corrected chi connectivity index (χ0v) is 53.7. The molecule has 0 aromatic heterocycles. The molecule has 0 heterocycles. The molecule has 0 aliphatic carbocycles. The first-order chi connectivity index (χ1) is 41.0. The molecule has 0 saturated carbocycles. The van der Waals surface area contributed by atoms with E-state index in [0.717, 1.165) is 128 Å². The Morgan fingerprint density at radius 3 is 0.747 bits per heavy atom. The van der Waals surface area contributed by atoms with Gasteiger partial charge < -0.3 is 14.2 Å². The third-order valence-corrected chi connectivity index (χ3v) is 14.0. The smallest absolute Gasteiger partial charge is 0.306 e. The lowest BCUT2D eigenvalue weighted by molar-refractivity contribution is -0.166. The number of esters is 3. The van der Waals surface area contributed by atoms with E-state index in [1.54, 1.807) is 0 Å². The summed E-state index contributed by atoms with van der Waals surface area (Å²) in [5.74, 6) is -0.999. The fraction of sp³-hybridized carbons (Fsp3) is 0.623. The van der Waals surface area contributed by atoms with Gasteiger partial charge in [-0.2, -0.15) is 0 Å². The Balaban J connectivity index is 4.31. The SMILES string of the molecule is CC/C=C\C/C=C\C/C=C\C/C=C\C/C=C\CCCCCCCCCCCCCCCCCC(=O)OCC(COC(=O)CC/C=C\C/C=C\C/C=C\C/C=C\CC)OC(=O)CCCCCCCCCC/C=C\C/C=C\C/C=C\C/C=C\CC. The van der Waals surface area contributed by atoms with Gasteiger partial charge in [-0.15, -0.1) is 0 Å². The van der Waals surface area contributed by atoms with Crippen LogP contribution >= 0.6 is 0 Å². The predicted molar refractivity (Wildman–Crippen MR) is 362 cm³/mol. The van der Waals surface area contributed by atoms with Crippen LogP contribution in [0, 0.1) is 0 Å². The lowest BCUT2D eigenvalue weighted by atomic mass is 10.0. The number of ether oxygens (including phenoxy) is 3. The van der Waals surface area contributed by atoms with Crippen LogP contribution in [-0.4, -0.2) is 37.2 Å². The molecule has 0 aromatic rings. The van der Waals surface area contributed by atoms with E-state index in [4.69, 9.17) is 14.2 Å². The summed E-state index contributed by atoms with van der Waals surface area (Å²) in [5.41, 5.74) is 0. The predicted octanol–water partition coefficient (Wildman–Crippen LogP) is 23.7. The van der Waals surface area contributed by atoms with E-state index in [0.29, 0.717) is 19.3 Å². The fourth-order valence-electron chi connectivity index (χ4n) is 9.06. The van der Waals surface area contributed by atoms with Crippen molar-refractivity contribution >= 4 is 17.9 Å². The molecule has 6 heteroatoms. The molecule has 0 radical (unpaired) electrons. The summed E-state index contributed by atoms with van der Waals surface area (Å²) in [6.07, 6.45) is 101. The Hall–Kier alpha value is -4.97. The van der Waals surface area contributed by atoms with E-state index in [-0.39, 0.29) is 37.5 Å². The molecule has 6 nitrogen and oxygen atoms in total. The average molecular weight is 1150 g/mol. The highest BCUT2D eigenvalue weighted by molar-refractivity contribution is 5.71. The first-order valence-electron chi connectivity index (χ1n) is 34.0. The van der Waals surface area contributed by atoms with Gasteiger partial charge in [0.15, 0.2) is 6.10 Å². The van der Waals surface area contributed by atoms with E-state index < -0.39 is 6.10 Å². The Kier molecular flexibility index (Phi) is 65.4. The van der Waals surface area contributed by atoms with Crippen molar-refractivity contribution in [2.75, 3.05) is 13.2 Å². The van der Waals surface area contributed by atoms with Gasteiger partial charge in [-0.1, -0.05) is 301 Å². The van der Waals surface area contributed by atoms with E-state index >= 15 is 0 Å². The number of carbonyl (C=O) groups excluding carboxylic acids is 3. The third kappa shape index (κ3) is 67.7. The second-order valence-corrected chi connectivity index (χ2v) is 21.9. The standard InChI is InChI=1S/C77H124O6/c1-4-7-10-13-16-19-22-25-27-29-31-33-34-35-36-37-38-39-40-41-42-44-45-47-49-52-55-58-61-64-67-70-76(79)82-73-74(72-81-75(78)69-66-63-60-57-54-51-24-21-18-15-12-9-6-3)83-77(80)71-68-65-62-59-56-53-50-48-46-43-32-30-28-26-23-20-17-14-11-8-5-2/h7-12,16-21,25-28,31-33,35-36,43,51,54,60,63,74H,4-6,13-15,22-24,29-30,34,37-42,44-50,52-53,55-59,61-62,64-73H2,1-3H3/b10-7-,11-8-,12-9-,19-16-,20-17-,21-18-,27-25-,28-26-,33-31-,36-35-,43-32-,54-51-,63-60-. The van der Waals surface area contributed by atoms with Gasteiger partial charge in [-0.25, -0.2) is 0 Å². The van der Waals surface area contributed by atoms with Gasteiger partial charge in [-0.3, -0.25) is 14.4 Å². The number of rotatable bonds is 60. The minimum Gasteiger partial charge on any atom is -0.462 e. The molecule has 0 rings (SSSR count). The molecule has 1 atom stereocenters. The quantitative estimate of drug-likeness (QED) is 0.0261.